The number of nitrogens with zero attached hydrogens (tertiary/aromatic N) is 1. The predicted octanol–water partition coefficient (Wildman–Crippen LogP) is 2.55. The highest BCUT2D eigenvalue weighted by Gasteiger charge is 2.03. The van der Waals surface area contributed by atoms with Crippen molar-refractivity contribution in [2.75, 3.05) is 20.6 Å². The zero-order valence-corrected chi connectivity index (χ0v) is 11.3. The van der Waals surface area contributed by atoms with Crippen molar-refractivity contribution in [2.45, 2.75) is 19.5 Å². The molecule has 1 rings (SSSR count). The zero-order valence-electron chi connectivity index (χ0n) is 8.88. The average molecular weight is 277 g/mol. The summed E-state index contributed by atoms with van der Waals surface area (Å²) in [5, 5.41) is 5.61. The highest BCUT2D eigenvalue weighted by molar-refractivity contribution is 9.10. The van der Waals surface area contributed by atoms with Crippen LogP contribution in [-0.4, -0.2) is 31.6 Å². The summed E-state index contributed by atoms with van der Waals surface area (Å²) in [6.07, 6.45) is 0. The molecular weight excluding hydrogens is 260 g/mol. The van der Waals surface area contributed by atoms with Crippen LogP contribution in [0.3, 0.4) is 0 Å². The second-order valence-corrected chi connectivity index (χ2v) is 5.69. The van der Waals surface area contributed by atoms with E-state index in [1.165, 1.54) is 9.35 Å². The van der Waals surface area contributed by atoms with Crippen LogP contribution < -0.4 is 5.32 Å². The minimum atomic E-state index is 0.533. The first kappa shape index (κ1) is 12.2. The van der Waals surface area contributed by atoms with Crippen LogP contribution in [-0.2, 0) is 6.54 Å². The van der Waals surface area contributed by atoms with Gasteiger partial charge in [-0.2, -0.15) is 0 Å². The van der Waals surface area contributed by atoms with Gasteiger partial charge in [0.05, 0.1) is 0 Å². The Kier molecular flexibility index (Phi) is 5.09. The monoisotopic (exact) mass is 276 g/mol. The molecule has 0 saturated carbocycles. The summed E-state index contributed by atoms with van der Waals surface area (Å²) in [5.41, 5.74) is 0. The Balaban J connectivity index is 2.26. The van der Waals surface area contributed by atoms with E-state index in [4.69, 9.17) is 0 Å². The summed E-state index contributed by atoms with van der Waals surface area (Å²) in [5.74, 6) is 0. The molecule has 0 aliphatic heterocycles. The molecule has 1 N–H and O–H groups in total. The van der Waals surface area contributed by atoms with E-state index in [0.29, 0.717) is 6.04 Å². The fourth-order valence-corrected chi connectivity index (χ4v) is 2.74. The van der Waals surface area contributed by atoms with Gasteiger partial charge in [0.25, 0.3) is 0 Å². The number of rotatable bonds is 5. The molecule has 1 aromatic rings. The summed E-state index contributed by atoms with van der Waals surface area (Å²) in [4.78, 5) is 3.57. The Bertz CT molecular complexity index is 273. The lowest BCUT2D eigenvalue weighted by Crippen LogP contribution is -2.35. The number of hydrogen-bond acceptors (Lipinski definition) is 3. The third-order valence-corrected chi connectivity index (χ3v) is 3.58. The molecule has 1 aromatic heterocycles. The molecule has 4 heteroatoms. The molecule has 14 heavy (non-hydrogen) atoms. The highest BCUT2D eigenvalue weighted by atomic mass is 79.9. The Morgan fingerprint density at radius 3 is 2.79 bits per heavy atom. The van der Waals surface area contributed by atoms with Crippen LogP contribution in [0.2, 0.25) is 0 Å². The topological polar surface area (TPSA) is 15.3 Å². The smallest absolute Gasteiger partial charge is 0.0303 e. The lowest BCUT2D eigenvalue weighted by molar-refractivity contribution is 0.349. The summed E-state index contributed by atoms with van der Waals surface area (Å²) in [6, 6.07) is 2.70. The highest BCUT2D eigenvalue weighted by Crippen LogP contribution is 2.19. The fraction of sp³-hybridized carbons (Fsp3) is 0.600. The van der Waals surface area contributed by atoms with E-state index < -0.39 is 0 Å². The molecule has 0 aromatic carbocycles. The molecule has 1 heterocycles. The second kappa shape index (κ2) is 5.85. The van der Waals surface area contributed by atoms with E-state index in [-0.39, 0.29) is 0 Å². The van der Waals surface area contributed by atoms with Gasteiger partial charge in [-0.05, 0) is 43.0 Å². The van der Waals surface area contributed by atoms with Crippen LogP contribution >= 0.6 is 27.3 Å². The Hall–Kier alpha value is 0.1000. The van der Waals surface area contributed by atoms with E-state index >= 15 is 0 Å². The molecule has 0 bridgehead atoms. The third-order valence-electron chi connectivity index (χ3n) is 1.89. The van der Waals surface area contributed by atoms with E-state index in [2.05, 4.69) is 58.6 Å². The van der Waals surface area contributed by atoms with Gasteiger partial charge in [0, 0.05) is 33.9 Å². The van der Waals surface area contributed by atoms with Gasteiger partial charge in [-0.15, -0.1) is 11.3 Å². The van der Waals surface area contributed by atoms with Crippen molar-refractivity contribution >= 4 is 27.3 Å². The minimum Gasteiger partial charge on any atom is -0.308 e. The standard InChI is InChI=1S/C10H17BrN2S/c1-8(6-13(2)3)12-5-10-4-9(11)7-14-10/h4,7-8,12H,5-6H2,1-3H3. The first-order valence-electron chi connectivity index (χ1n) is 4.69. The van der Waals surface area contributed by atoms with Crippen molar-refractivity contribution in [2.24, 2.45) is 0 Å². The third kappa shape index (κ3) is 4.55. The number of hydrogen-bond donors (Lipinski definition) is 1. The van der Waals surface area contributed by atoms with E-state index in [1.54, 1.807) is 11.3 Å². The van der Waals surface area contributed by atoms with Gasteiger partial charge in [0.2, 0.25) is 0 Å². The van der Waals surface area contributed by atoms with Crippen LogP contribution in [0.25, 0.3) is 0 Å². The molecule has 0 radical (unpaired) electrons. The zero-order chi connectivity index (χ0) is 10.6. The number of thiophene rings is 1. The average Bonchev–Trinajstić information content (AvgIpc) is 2.47. The van der Waals surface area contributed by atoms with Crippen molar-refractivity contribution in [3.63, 3.8) is 0 Å². The number of likely N-dealkylation sites (N-methyl/N-ethyl adjacent to an activating group) is 1. The summed E-state index contributed by atoms with van der Waals surface area (Å²) in [6.45, 7) is 4.25. The van der Waals surface area contributed by atoms with Crippen molar-refractivity contribution in [1.82, 2.24) is 10.2 Å². The molecule has 80 valence electrons. The van der Waals surface area contributed by atoms with Gasteiger partial charge in [0.1, 0.15) is 0 Å². The van der Waals surface area contributed by atoms with Crippen molar-refractivity contribution < 1.29 is 0 Å². The van der Waals surface area contributed by atoms with Crippen molar-refractivity contribution in [3.8, 4) is 0 Å². The largest absolute Gasteiger partial charge is 0.308 e. The lowest BCUT2D eigenvalue weighted by Gasteiger charge is -2.17. The fourth-order valence-electron chi connectivity index (χ4n) is 1.33. The molecule has 0 spiro atoms. The van der Waals surface area contributed by atoms with Gasteiger partial charge >= 0.3 is 0 Å². The normalized spacial score (nSPS) is 13.5. The maximum atomic E-state index is 3.49. The quantitative estimate of drug-likeness (QED) is 0.889. The maximum absolute atomic E-state index is 3.49. The SMILES string of the molecule is CC(CN(C)C)NCc1cc(Br)cs1. The molecule has 1 unspecified atom stereocenters. The number of nitrogens with one attached hydrogen (secondary N) is 1. The second-order valence-electron chi connectivity index (χ2n) is 3.78. The Labute approximate surface area is 98.4 Å². The maximum Gasteiger partial charge on any atom is 0.0303 e. The van der Waals surface area contributed by atoms with Crippen molar-refractivity contribution in [3.05, 3.63) is 20.8 Å². The molecule has 0 saturated heterocycles. The van der Waals surface area contributed by atoms with Crippen LogP contribution in [0.1, 0.15) is 11.8 Å². The molecule has 0 aliphatic carbocycles. The van der Waals surface area contributed by atoms with Gasteiger partial charge in [0.15, 0.2) is 0 Å². The molecule has 1 atom stereocenters. The Morgan fingerprint density at radius 2 is 2.29 bits per heavy atom. The summed E-state index contributed by atoms with van der Waals surface area (Å²) < 4.78 is 1.18. The van der Waals surface area contributed by atoms with Gasteiger partial charge in [-0.25, -0.2) is 0 Å². The predicted molar refractivity (Wildman–Crippen MR) is 66.9 cm³/mol. The lowest BCUT2D eigenvalue weighted by atomic mass is 10.3. The Morgan fingerprint density at radius 1 is 1.57 bits per heavy atom. The summed E-state index contributed by atoms with van der Waals surface area (Å²) >= 11 is 5.24. The van der Waals surface area contributed by atoms with Gasteiger partial charge < -0.3 is 10.2 Å². The van der Waals surface area contributed by atoms with E-state index in [0.717, 1.165) is 13.1 Å². The van der Waals surface area contributed by atoms with Crippen molar-refractivity contribution in [1.29, 1.82) is 0 Å². The summed E-state index contributed by atoms with van der Waals surface area (Å²) in [7, 11) is 4.19. The van der Waals surface area contributed by atoms with Crippen LogP contribution in [0.15, 0.2) is 15.9 Å². The minimum absolute atomic E-state index is 0.533. The molecule has 0 fully saturated rings. The van der Waals surface area contributed by atoms with E-state index in [9.17, 15) is 0 Å². The molecule has 0 aliphatic rings. The van der Waals surface area contributed by atoms with Gasteiger partial charge in [-0.1, -0.05) is 0 Å². The van der Waals surface area contributed by atoms with Crippen LogP contribution in [0.4, 0.5) is 0 Å². The molecular formula is C10H17BrN2S. The molecule has 2 nitrogen and oxygen atoms in total. The number of halogens is 1. The first-order chi connectivity index (χ1) is 6.58. The van der Waals surface area contributed by atoms with E-state index in [1.807, 2.05) is 0 Å². The van der Waals surface area contributed by atoms with Crippen LogP contribution in [0.5, 0.6) is 0 Å². The van der Waals surface area contributed by atoms with Crippen LogP contribution in [0, 0.1) is 0 Å². The van der Waals surface area contributed by atoms with Gasteiger partial charge in [-0.3, -0.25) is 0 Å². The first-order valence-corrected chi connectivity index (χ1v) is 6.36. The molecule has 0 amide bonds.